The summed E-state index contributed by atoms with van der Waals surface area (Å²) in [5.74, 6) is 0.753. The minimum Gasteiger partial charge on any atom is -0.378 e. The van der Waals surface area contributed by atoms with Crippen LogP contribution in [0.5, 0.6) is 0 Å². The maximum atomic E-state index is 4.94. The second-order valence-corrected chi connectivity index (χ2v) is 3.07. The van der Waals surface area contributed by atoms with Crippen LogP contribution in [0.15, 0.2) is 5.51 Å². The van der Waals surface area contributed by atoms with E-state index < -0.39 is 0 Å². The lowest BCUT2D eigenvalue weighted by Crippen LogP contribution is -1.90. The van der Waals surface area contributed by atoms with Crippen LogP contribution in [-0.2, 0) is 17.1 Å². The Hall–Kier alpha value is -0.0600. The van der Waals surface area contributed by atoms with Crippen LogP contribution in [0.4, 0.5) is 0 Å². The largest absolute Gasteiger partial charge is 0.378 e. The first-order valence-electron chi connectivity index (χ1n) is 2.89. The zero-order valence-corrected chi connectivity index (χ0v) is 7.41. The Labute approximate surface area is 69.7 Å². The van der Waals surface area contributed by atoms with Gasteiger partial charge in [-0.05, 0) is 0 Å². The lowest BCUT2D eigenvalue weighted by Gasteiger charge is -1.95. The van der Waals surface area contributed by atoms with Crippen molar-refractivity contribution < 1.29 is 4.74 Å². The zero-order valence-electron chi connectivity index (χ0n) is 5.70. The Morgan fingerprint density at radius 2 is 2.60 bits per heavy atom. The van der Waals surface area contributed by atoms with E-state index in [0.29, 0.717) is 6.61 Å². The third-order valence-electron chi connectivity index (χ3n) is 1.15. The van der Waals surface area contributed by atoms with E-state index >= 15 is 0 Å². The summed E-state index contributed by atoms with van der Waals surface area (Å²) in [6.07, 6.45) is 0. The molecule has 0 atom stereocenters. The van der Waals surface area contributed by atoms with Gasteiger partial charge in [0.1, 0.15) is 0 Å². The summed E-state index contributed by atoms with van der Waals surface area (Å²) < 4.78 is 4.94. The Bertz CT molecular complexity index is 199. The van der Waals surface area contributed by atoms with Crippen LogP contribution in [0, 0.1) is 0 Å². The van der Waals surface area contributed by atoms with Gasteiger partial charge in [0.05, 0.1) is 17.8 Å². The molecule has 0 saturated heterocycles. The first-order valence-corrected chi connectivity index (χ1v) is 4.40. The third kappa shape index (κ3) is 1.71. The lowest BCUT2D eigenvalue weighted by atomic mass is 10.4. The van der Waals surface area contributed by atoms with E-state index in [1.807, 2.05) is 5.51 Å². The number of aromatic nitrogens is 1. The summed E-state index contributed by atoms with van der Waals surface area (Å²) in [5.41, 5.74) is 2.84. The maximum absolute atomic E-state index is 4.94. The monoisotopic (exact) mass is 175 g/mol. The lowest BCUT2D eigenvalue weighted by molar-refractivity contribution is 0.181. The van der Waals surface area contributed by atoms with Gasteiger partial charge in [0.25, 0.3) is 0 Å². The standard InChI is InChI=1S/C6H9NOS2/c1-8-2-5-6(3-9)10-4-7-5/h4,9H,2-3H2,1H3. The SMILES string of the molecule is COCc1ncsc1CS. The van der Waals surface area contributed by atoms with E-state index in [1.54, 1.807) is 18.4 Å². The van der Waals surface area contributed by atoms with Crippen LogP contribution in [0.25, 0.3) is 0 Å². The zero-order chi connectivity index (χ0) is 7.40. The van der Waals surface area contributed by atoms with Gasteiger partial charge < -0.3 is 4.74 Å². The second-order valence-electron chi connectivity index (χ2n) is 1.81. The van der Waals surface area contributed by atoms with Crippen LogP contribution in [0.2, 0.25) is 0 Å². The molecular formula is C6H9NOS2. The van der Waals surface area contributed by atoms with Gasteiger partial charge in [0.2, 0.25) is 0 Å². The fourth-order valence-corrected chi connectivity index (χ4v) is 1.71. The van der Waals surface area contributed by atoms with Crippen molar-refractivity contribution in [2.75, 3.05) is 7.11 Å². The molecule has 4 heteroatoms. The fourth-order valence-electron chi connectivity index (χ4n) is 0.677. The number of nitrogens with zero attached hydrogens (tertiary/aromatic N) is 1. The van der Waals surface area contributed by atoms with Crippen molar-refractivity contribution >= 4 is 24.0 Å². The Kier molecular flexibility index (Phi) is 3.18. The van der Waals surface area contributed by atoms with Gasteiger partial charge in [0, 0.05) is 17.7 Å². The smallest absolute Gasteiger partial charge is 0.0895 e. The van der Waals surface area contributed by atoms with Crippen LogP contribution in [-0.4, -0.2) is 12.1 Å². The van der Waals surface area contributed by atoms with Crippen molar-refractivity contribution in [2.45, 2.75) is 12.4 Å². The molecule has 0 aliphatic rings. The maximum Gasteiger partial charge on any atom is 0.0895 e. The molecule has 0 N–H and O–H groups in total. The van der Waals surface area contributed by atoms with Gasteiger partial charge in [-0.25, -0.2) is 4.98 Å². The van der Waals surface area contributed by atoms with E-state index in [4.69, 9.17) is 4.74 Å². The number of methoxy groups -OCH3 is 1. The van der Waals surface area contributed by atoms with E-state index in [-0.39, 0.29) is 0 Å². The number of ether oxygens (including phenoxy) is 1. The Morgan fingerprint density at radius 3 is 3.20 bits per heavy atom. The van der Waals surface area contributed by atoms with Crippen molar-refractivity contribution in [3.05, 3.63) is 16.1 Å². The van der Waals surface area contributed by atoms with Crippen LogP contribution in [0.1, 0.15) is 10.6 Å². The first kappa shape index (κ1) is 8.04. The van der Waals surface area contributed by atoms with E-state index in [1.165, 1.54) is 4.88 Å². The summed E-state index contributed by atoms with van der Waals surface area (Å²) in [4.78, 5) is 5.32. The van der Waals surface area contributed by atoms with E-state index in [9.17, 15) is 0 Å². The molecule has 0 saturated carbocycles. The van der Waals surface area contributed by atoms with Crippen molar-refractivity contribution in [2.24, 2.45) is 0 Å². The normalized spacial score (nSPS) is 10.2. The quantitative estimate of drug-likeness (QED) is 0.707. The number of hydrogen-bond donors (Lipinski definition) is 1. The first-order chi connectivity index (χ1) is 4.88. The minimum atomic E-state index is 0.597. The number of hydrogen-bond acceptors (Lipinski definition) is 4. The van der Waals surface area contributed by atoms with Crippen LogP contribution in [0.3, 0.4) is 0 Å². The molecule has 0 aliphatic carbocycles. The highest BCUT2D eigenvalue weighted by molar-refractivity contribution is 7.79. The topological polar surface area (TPSA) is 22.1 Å². The molecule has 2 nitrogen and oxygen atoms in total. The molecule has 1 aromatic heterocycles. The summed E-state index contributed by atoms with van der Waals surface area (Å²) in [6, 6.07) is 0. The van der Waals surface area contributed by atoms with Crippen LogP contribution < -0.4 is 0 Å². The molecule has 1 heterocycles. The van der Waals surface area contributed by atoms with E-state index in [0.717, 1.165) is 11.4 Å². The molecule has 0 unspecified atom stereocenters. The second kappa shape index (κ2) is 3.95. The highest BCUT2D eigenvalue weighted by Crippen LogP contribution is 2.15. The molecule has 0 fully saturated rings. The molecule has 1 rings (SSSR count). The predicted octanol–water partition coefficient (Wildman–Crippen LogP) is 1.72. The Morgan fingerprint density at radius 1 is 1.80 bits per heavy atom. The van der Waals surface area contributed by atoms with Crippen molar-refractivity contribution in [1.29, 1.82) is 0 Å². The minimum absolute atomic E-state index is 0.597. The molecule has 1 aromatic rings. The van der Waals surface area contributed by atoms with Gasteiger partial charge in [-0.2, -0.15) is 12.6 Å². The van der Waals surface area contributed by atoms with Crippen molar-refractivity contribution in [3.8, 4) is 0 Å². The van der Waals surface area contributed by atoms with Crippen molar-refractivity contribution in [3.63, 3.8) is 0 Å². The molecule has 0 aromatic carbocycles. The molecule has 0 spiro atoms. The van der Waals surface area contributed by atoms with Gasteiger partial charge in [-0.15, -0.1) is 11.3 Å². The Balaban J connectivity index is 2.70. The van der Waals surface area contributed by atoms with Gasteiger partial charge >= 0.3 is 0 Å². The molecular weight excluding hydrogens is 166 g/mol. The average Bonchev–Trinajstić information content (AvgIpc) is 2.36. The molecule has 0 bridgehead atoms. The summed E-state index contributed by atoms with van der Waals surface area (Å²) >= 11 is 5.78. The summed E-state index contributed by atoms with van der Waals surface area (Å²) in [7, 11) is 1.67. The molecule has 0 amide bonds. The highest BCUT2D eigenvalue weighted by atomic mass is 32.1. The fraction of sp³-hybridized carbons (Fsp3) is 0.500. The van der Waals surface area contributed by atoms with Crippen LogP contribution >= 0.6 is 24.0 Å². The summed E-state index contributed by atoms with van der Waals surface area (Å²) in [6.45, 7) is 0.597. The van der Waals surface area contributed by atoms with E-state index in [2.05, 4.69) is 17.6 Å². The molecule has 0 aliphatic heterocycles. The molecule has 56 valence electrons. The number of thiazole rings is 1. The molecule has 10 heavy (non-hydrogen) atoms. The molecule has 0 radical (unpaired) electrons. The average molecular weight is 175 g/mol. The third-order valence-corrected chi connectivity index (χ3v) is 2.56. The van der Waals surface area contributed by atoms with Gasteiger partial charge in [0.15, 0.2) is 0 Å². The summed E-state index contributed by atoms with van der Waals surface area (Å²) in [5, 5.41) is 0. The highest BCUT2D eigenvalue weighted by Gasteiger charge is 2.01. The van der Waals surface area contributed by atoms with Gasteiger partial charge in [-0.1, -0.05) is 0 Å². The van der Waals surface area contributed by atoms with Crippen molar-refractivity contribution in [1.82, 2.24) is 4.98 Å². The predicted molar refractivity (Wildman–Crippen MR) is 45.5 cm³/mol. The number of rotatable bonds is 3. The number of thiol groups is 1. The van der Waals surface area contributed by atoms with Gasteiger partial charge in [-0.3, -0.25) is 0 Å².